The molecule has 6 heteroatoms. The lowest BCUT2D eigenvalue weighted by Crippen LogP contribution is -2.50. The van der Waals surface area contributed by atoms with Gasteiger partial charge in [-0.25, -0.2) is 4.68 Å². The molecule has 0 N–H and O–H groups in total. The molecule has 1 saturated heterocycles. The highest BCUT2D eigenvalue weighted by molar-refractivity contribution is 5.95. The third kappa shape index (κ3) is 4.90. The van der Waals surface area contributed by atoms with E-state index in [1.54, 1.807) is 6.20 Å². The number of carbonyl (C=O) groups excluding carboxylic acids is 2. The summed E-state index contributed by atoms with van der Waals surface area (Å²) in [6, 6.07) is 20.1. The van der Waals surface area contributed by atoms with Crippen molar-refractivity contribution < 1.29 is 9.59 Å². The van der Waals surface area contributed by atoms with Crippen molar-refractivity contribution in [2.75, 3.05) is 26.2 Å². The molecule has 0 aliphatic carbocycles. The number of hydrogen-bond donors (Lipinski definition) is 0. The zero-order valence-corrected chi connectivity index (χ0v) is 18.6. The van der Waals surface area contributed by atoms with Crippen molar-refractivity contribution in [1.29, 1.82) is 0 Å². The molecule has 3 aromatic rings. The van der Waals surface area contributed by atoms with Gasteiger partial charge in [-0.15, -0.1) is 0 Å². The van der Waals surface area contributed by atoms with Crippen LogP contribution in [0.3, 0.4) is 0 Å². The fraction of sp³-hybridized carbons (Fsp3) is 0.346. The first kappa shape index (κ1) is 21.8. The van der Waals surface area contributed by atoms with Gasteiger partial charge in [0.05, 0.1) is 23.1 Å². The van der Waals surface area contributed by atoms with Gasteiger partial charge < -0.3 is 9.80 Å². The van der Waals surface area contributed by atoms with Gasteiger partial charge in [-0.2, -0.15) is 5.10 Å². The average molecular weight is 431 g/mol. The third-order valence-corrected chi connectivity index (χ3v) is 6.05. The molecule has 0 unspecified atom stereocenters. The fourth-order valence-electron chi connectivity index (χ4n) is 4.26. The van der Waals surface area contributed by atoms with E-state index in [0.29, 0.717) is 38.2 Å². The minimum atomic E-state index is 0.000192. The van der Waals surface area contributed by atoms with Crippen LogP contribution >= 0.6 is 0 Å². The SMILES string of the molecule is CCc1c(C(=O)N2CCN(C(=O)CCCc3ccccc3)CC2)cnn1-c1ccccc1. The Hall–Kier alpha value is -3.41. The number of benzene rings is 2. The summed E-state index contributed by atoms with van der Waals surface area (Å²) in [6.07, 6.45) is 4.70. The van der Waals surface area contributed by atoms with Crippen LogP contribution in [0.5, 0.6) is 0 Å². The summed E-state index contributed by atoms with van der Waals surface area (Å²) >= 11 is 0. The lowest BCUT2D eigenvalue weighted by molar-refractivity contribution is -0.132. The highest BCUT2D eigenvalue weighted by atomic mass is 16.2. The van der Waals surface area contributed by atoms with Crippen LogP contribution in [0.25, 0.3) is 5.69 Å². The second-order valence-corrected chi connectivity index (χ2v) is 8.12. The van der Waals surface area contributed by atoms with E-state index in [-0.39, 0.29) is 11.8 Å². The first-order chi connectivity index (χ1) is 15.7. The summed E-state index contributed by atoms with van der Waals surface area (Å²) in [5.74, 6) is 0.180. The minimum absolute atomic E-state index is 0.000192. The zero-order valence-electron chi connectivity index (χ0n) is 18.6. The first-order valence-corrected chi connectivity index (χ1v) is 11.4. The van der Waals surface area contributed by atoms with Crippen molar-refractivity contribution in [1.82, 2.24) is 19.6 Å². The Morgan fingerprint density at radius 3 is 2.16 bits per heavy atom. The Morgan fingerprint density at radius 1 is 0.875 bits per heavy atom. The number of rotatable bonds is 7. The molecule has 32 heavy (non-hydrogen) atoms. The van der Waals surface area contributed by atoms with Crippen LogP contribution in [0.2, 0.25) is 0 Å². The average Bonchev–Trinajstić information content (AvgIpc) is 3.29. The largest absolute Gasteiger partial charge is 0.339 e. The molecule has 2 aromatic carbocycles. The number of hydrogen-bond acceptors (Lipinski definition) is 3. The van der Waals surface area contributed by atoms with E-state index in [4.69, 9.17) is 0 Å². The molecule has 6 nitrogen and oxygen atoms in total. The molecule has 2 amide bonds. The highest BCUT2D eigenvalue weighted by Crippen LogP contribution is 2.19. The fourth-order valence-corrected chi connectivity index (χ4v) is 4.26. The molecule has 166 valence electrons. The molecular weight excluding hydrogens is 400 g/mol. The molecule has 1 aromatic heterocycles. The summed E-state index contributed by atoms with van der Waals surface area (Å²) in [7, 11) is 0. The lowest BCUT2D eigenvalue weighted by Gasteiger charge is -2.35. The van der Waals surface area contributed by atoms with Crippen LogP contribution < -0.4 is 0 Å². The van der Waals surface area contributed by atoms with Crippen LogP contribution in [0.4, 0.5) is 0 Å². The van der Waals surface area contributed by atoms with E-state index in [1.165, 1.54) is 5.56 Å². The standard InChI is InChI=1S/C26H30N4O2/c1-2-24-23(20-27-30(24)22-13-7-4-8-14-22)26(32)29-18-16-28(17-19-29)25(31)15-9-12-21-10-5-3-6-11-21/h3-8,10-11,13-14,20H,2,9,12,15-19H2,1H3. The normalized spacial score (nSPS) is 13.9. The van der Waals surface area contributed by atoms with Crippen molar-refractivity contribution in [3.8, 4) is 5.69 Å². The van der Waals surface area contributed by atoms with Gasteiger partial charge in [0.2, 0.25) is 5.91 Å². The number of piperazine rings is 1. The number of aromatic nitrogens is 2. The summed E-state index contributed by atoms with van der Waals surface area (Å²) in [6.45, 7) is 4.33. The van der Waals surface area contributed by atoms with Gasteiger partial charge in [0.25, 0.3) is 5.91 Å². The van der Waals surface area contributed by atoms with Crippen molar-refractivity contribution in [3.63, 3.8) is 0 Å². The molecular formula is C26H30N4O2. The molecule has 0 radical (unpaired) electrons. The molecule has 1 aliphatic heterocycles. The summed E-state index contributed by atoms with van der Waals surface area (Å²) in [5, 5.41) is 4.48. The highest BCUT2D eigenvalue weighted by Gasteiger charge is 2.27. The van der Waals surface area contributed by atoms with Crippen LogP contribution in [0.1, 0.15) is 41.4 Å². The van der Waals surface area contributed by atoms with E-state index in [9.17, 15) is 9.59 Å². The van der Waals surface area contributed by atoms with Crippen LogP contribution in [-0.2, 0) is 17.6 Å². The van der Waals surface area contributed by atoms with E-state index in [2.05, 4.69) is 17.2 Å². The van der Waals surface area contributed by atoms with Gasteiger partial charge in [0, 0.05) is 32.6 Å². The molecule has 1 fully saturated rings. The van der Waals surface area contributed by atoms with Crippen molar-refractivity contribution >= 4 is 11.8 Å². The smallest absolute Gasteiger partial charge is 0.257 e. The summed E-state index contributed by atoms with van der Waals surface area (Å²) in [5.41, 5.74) is 3.78. The maximum atomic E-state index is 13.2. The number of nitrogens with zero attached hydrogens (tertiary/aromatic N) is 4. The van der Waals surface area contributed by atoms with Crippen molar-refractivity contribution in [3.05, 3.63) is 83.7 Å². The molecule has 0 spiro atoms. The Balaban J connectivity index is 1.32. The topological polar surface area (TPSA) is 58.4 Å². The molecule has 0 bridgehead atoms. The second kappa shape index (κ2) is 10.3. The molecule has 4 rings (SSSR count). The van der Waals surface area contributed by atoms with Gasteiger partial charge in [0.1, 0.15) is 0 Å². The monoisotopic (exact) mass is 430 g/mol. The summed E-state index contributed by atoms with van der Waals surface area (Å²) < 4.78 is 1.85. The molecule has 0 saturated carbocycles. The maximum absolute atomic E-state index is 13.2. The predicted molar refractivity (Wildman–Crippen MR) is 125 cm³/mol. The van der Waals surface area contributed by atoms with Gasteiger partial charge in [0.15, 0.2) is 0 Å². The maximum Gasteiger partial charge on any atom is 0.257 e. The van der Waals surface area contributed by atoms with E-state index >= 15 is 0 Å². The van der Waals surface area contributed by atoms with Gasteiger partial charge in [-0.1, -0.05) is 55.5 Å². The zero-order chi connectivity index (χ0) is 22.3. The third-order valence-electron chi connectivity index (χ3n) is 6.05. The molecule has 1 aliphatic rings. The van der Waals surface area contributed by atoms with Gasteiger partial charge in [-0.3, -0.25) is 9.59 Å². The number of para-hydroxylation sites is 1. The number of carbonyl (C=O) groups is 2. The Bertz CT molecular complexity index is 1040. The Kier molecular flexibility index (Phi) is 7.00. The predicted octanol–water partition coefficient (Wildman–Crippen LogP) is 3.74. The van der Waals surface area contributed by atoms with Gasteiger partial charge in [-0.05, 0) is 37.0 Å². The first-order valence-electron chi connectivity index (χ1n) is 11.4. The van der Waals surface area contributed by atoms with Crippen LogP contribution in [0, 0.1) is 0 Å². The van der Waals surface area contributed by atoms with E-state index in [0.717, 1.165) is 30.6 Å². The summed E-state index contributed by atoms with van der Waals surface area (Å²) in [4.78, 5) is 29.5. The number of amides is 2. The van der Waals surface area contributed by atoms with E-state index in [1.807, 2.05) is 69.9 Å². The van der Waals surface area contributed by atoms with Crippen LogP contribution in [-0.4, -0.2) is 57.6 Å². The lowest BCUT2D eigenvalue weighted by atomic mass is 10.1. The molecule has 0 atom stereocenters. The number of aryl methyl sites for hydroxylation is 1. The van der Waals surface area contributed by atoms with Crippen molar-refractivity contribution in [2.24, 2.45) is 0 Å². The van der Waals surface area contributed by atoms with Gasteiger partial charge >= 0.3 is 0 Å². The van der Waals surface area contributed by atoms with Crippen molar-refractivity contribution in [2.45, 2.75) is 32.6 Å². The Labute approximate surface area is 189 Å². The quantitative estimate of drug-likeness (QED) is 0.574. The van der Waals surface area contributed by atoms with Crippen LogP contribution in [0.15, 0.2) is 66.9 Å². The molecule has 2 heterocycles. The Morgan fingerprint density at radius 2 is 1.50 bits per heavy atom. The van der Waals surface area contributed by atoms with E-state index < -0.39 is 0 Å². The minimum Gasteiger partial charge on any atom is -0.339 e. The second-order valence-electron chi connectivity index (χ2n) is 8.12.